The van der Waals surface area contributed by atoms with Crippen molar-refractivity contribution in [3.8, 4) is 0 Å². The molecule has 2 aromatic rings. The third-order valence-electron chi connectivity index (χ3n) is 5.10. The number of anilines is 1. The number of halogens is 1. The maximum atomic E-state index is 13.1. The molecular weight excluding hydrogens is 319 g/mol. The normalized spacial score (nSPS) is 18.2. The van der Waals surface area contributed by atoms with Crippen molar-refractivity contribution < 1.29 is 9.18 Å². The van der Waals surface area contributed by atoms with E-state index in [4.69, 9.17) is 0 Å². The first kappa shape index (κ1) is 16.0. The van der Waals surface area contributed by atoms with Gasteiger partial charge in [-0.05, 0) is 49.4 Å². The van der Waals surface area contributed by atoms with Crippen LogP contribution >= 0.6 is 0 Å². The SMILES string of the molecule is O=C(NCc1ccnc(N2CCCC2)n1)C1(c2ccc(F)cc2)CC1. The molecule has 2 aliphatic rings. The van der Waals surface area contributed by atoms with E-state index in [0.29, 0.717) is 6.54 Å². The third kappa shape index (κ3) is 3.21. The van der Waals surface area contributed by atoms with Crippen LogP contribution in [0.5, 0.6) is 0 Å². The molecule has 1 saturated heterocycles. The van der Waals surface area contributed by atoms with E-state index in [2.05, 4.69) is 20.2 Å². The molecule has 25 heavy (non-hydrogen) atoms. The molecule has 1 saturated carbocycles. The lowest BCUT2D eigenvalue weighted by atomic mass is 9.95. The topological polar surface area (TPSA) is 58.1 Å². The summed E-state index contributed by atoms with van der Waals surface area (Å²) in [6.07, 6.45) is 5.69. The van der Waals surface area contributed by atoms with Crippen molar-refractivity contribution in [3.63, 3.8) is 0 Å². The number of aromatic nitrogens is 2. The van der Waals surface area contributed by atoms with Gasteiger partial charge < -0.3 is 10.2 Å². The maximum Gasteiger partial charge on any atom is 0.230 e. The van der Waals surface area contributed by atoms with Crippen LogP contribution in [0.3, 0.4) is 0 Å². The number of benzene rings is 1. The lowest BCUT2D eigenvalue weighted by Crippen LogP contribution is -2.34. The molecular formula is C19H21FN4O. The van der Waals surface area contributed by atoms with Gasteiger partial charge in [-0.25, -0.2) is 14.4 Å². The monoisotopic (exact) mass is 340 g/mol. The molecule has 2 heterocycles. The van der Waals surface area contributed by atoms with Crippen LogP contribution in [0.1, 0.15) is 36.9 Å². The van der Waals surface area contributed by atoms with Crippen molar-refractivity contribution in [2.24, 2.45) is 0 Å². The fraction of sp³-hybridized carbons (Fsp3) is 0.421. The molecule has 0 radical (unpaired) electrons. The molecule has 1 aromatic heterocycles. The molecule has 6 heteroatoms. The van der Waals surface area contributed by atoms with Crippen molar-refractivity contribution in [3.05, 3.63) is 53.6 Å². The molecule has 1 aliphatic heterocycles. The van der Waals surface area contributed by atoms with Gasteiger partial charge in [0.15, 0.2) is 0 Å². The number of carbonyl (C=O) groups is 1. The van der Waals surface area contributed by atoms with E-state index in [1.165, 1.54) is 25.0 Å². The number of nitrogens with zero attached hydrogens (tertiary/aromatic N) is 3. The Labute approximate surface area is 146 Å². The summed E-state index contributed by atoms with van der Waals surface area (Å²) < 4.78 is 13.1. The number of hydrogen-bond donors (Lipinski definition) is 1. The zero-order valence-corrected chi connectivity index (χ0v) is 14.0. The molecule has 1 amide bonds. The van der Waals surface area contributed by atoms with E-state index in [9.17, 15) is 9.18 Å². The van der Waals surface area contributed by atoms with Crippen LogP contribution in [0.4, 0.5) is 10.3 Å². The van der Waals surface area contributed by atoms with Gasteiger partial charge in [-0.2, -0.15) is 0 Å². The number of nitrogens with one attached hydrogen (secondary N) is 1. The molecule has 130 valence electrons. The van der Waals surface area contributed by atoms with Crippen LogP contribution in [-0.4, -0.2) is 29.0 Å². The molecule has 2 fully saturated rings. The van der Waals surface area contributed by atoms with Crippen molar-refractivity contribution in [1.82, 2.24) is 15.3 Å². The van der Waals surface area contributed by atoms with E-state index < -0.39 is 5.41 Å². The van der Waals surface area contributed by atoms with Gasteiger partial charge in [-0.3, -0.25) is 4.79 Å². The first-order valence-corrected chi connectivity index (χ1v) is 8.79. The number of hydrogen-bond acceptors (Lipinski definition) is 4. The van der Waals surface area contributed by atoms with E-state index in [-0.39, 0.29) is 11.7 Å². The first-order chi connectivity index (χ1) is 12.2. The van der Waals surface area contributed by atoms with E-state index >= 15 is 0 Å². The van der Waals surface area contributed by atoms with Gasteiger partial charge >= 0.3 is 0 Å². The highest BCUT2D eigenvalue weighted by Crippen LogP contribution is 2.48. The van der Waals surface area contributed by atoms with Crippen molar-refractivity contribution in [2.75, 3.05) is 18.0 Å². The Morgan fingerprint density at radius 3 is 2.56 bits per heavy atom. The third-order valence-corrected chi connectivity index (χ3v) is 5.10. The zero-order chi connectivity index (χ0) is 17.3. The van der Waals surface area contributed by atoms with Crippen LogP contribution in [0.15, 0.2) is 36.5 Å². The van der Waals surface area contributed by atoms with Gasteiger partial charge in [-0.1, -0.05) is 12.1 Å². The van der Waals surface area contributed by atoms with Gasteiger partial charge in [0.1, 0.15) is 5.82 Å². The van der Waals surface area contributed by atoms with E-state index in [1.807, 2.05) is 6.07 Å². The molecule has 1 aromatic carbocycles. The first-order valence-electron chi connectivity index (χ1n) is 8.79. The highest BCUT2D eigenvalue weighted by atomic mass is 19.1. The van der Waals surface area contributed by atoms with Gasteiger partial charge in [0.05, 0.1) is 17.7 Å². The standard InChI is InChI=1S/C19H21FN4O/c20-15-5-3-14(4-6-15)19(8-9-19)17(25)22-13-16-7-10-21-18(23-16)24-11-1-2-12-24/h3-7,10H,1-2,8-9,11-13H2,(H,22,25). The quantitative estimate of drug-likeness (QED) is 0.909. The predicted molar refractivity (Wildman–Crippen MR) is 92.6 cm³/mol. The molecule has 0 atom stereocenters. The van der Waals surface area contributed by atoms with Crippen molar-refractivity contribution in [2.45, 2.75) is 37.6 Å². The predicted octanol–water partition coefficient (Wildman–Crippen LogP) is 2.56. The minimum Gasteiger partial charge on any atom is -0.350 e. The summed E-state index contributed by atoms with van der Waals surface area (Å²) in [6.45, 7) is 2.36. The molecule has 0 unspecified atom stereocenters. The van der Waals surface area contributed by atoms with Gasteiger partial charge in [0.25, 0.3) is 0 Å². The summed E-state index contributed by atoms with van der Waals surface area (Å²) in [6, 6.07) is 8.07. The van der Waals surface area contributed by atoms with Crippen molar-refractivity contribution >= 4 is 11.9 Å². The van der Waals surface area contributed by atoms with Crippen LogP contribution in [0.2, 0.25) is 0 Å². The zero-order valence-electron chi connectivity index (χ0n) is 14.0. The van der Waals surface area contributed by atoms with Crippen LogP contribution in [-0.2, 0) is 16.8 Å². The Balaban J connectivity index is 1.42. The van der Waals surface area contributed by atoms with Crippen LogP contribution < -0.4 is 10.2 Å². The largest absolute Gasteiger partial charge is 0.350 e. The van der Waals surface area contributed by atoms with Crippen LogP contribution in [0.25, 0.3) is 0 Å². The van der Waals surface area contributed by atoms with Crippen molar-refractivity contribution in [1.29, 1.82) is 0 Å². The Kier molecular flexibility index (Phi) is 4.11. The van der Waals surface area contributed by atoms with E-state index in [1.54, 1.807) is 18.3 Å². The second-order valence-electron chi connectivity index (χ2n) is 6.81. The van der Waals surface area contributed by atoms with Gasteiger partial charge in [-0.15, -0.1) is 0 Å². The average Bonchev–Trinajstić information content (AvgIpc) is 3.26. The second kappa shape index (κ2) is 6.43. The molecule has 1 aliphatic carbocycles. The number of carbonyl (C=O) groups excluding carboxylic acids is 1. The molecule has 0 bridgehead atoms. The van der Waals surface area contributed by atoms with E-state index in [0.717, 1.165) is 43.1 Å². The smallest absolute Gasteiger partial charge is 0.230 e. The highest BCUT2D eigenvalue weighted by Gasteiger charge is 2.51. The summed E-state index contributed by atoms with van der Waals surface area (Å²) in [7, 11) is 0. The lowest BCUT2D eigenvalue weighted by molar-refractivity contribution is -0.123. The molecule has 5 nitrogen and oxygen atoms in total. The maximum absolute atomic E-state index is 13.1. The Bertz CT molecular complexity index is 767. The summed E-state index contributed by atoms with van der Waals surface area (Å²) in [4.78, 5) is 23.7. The number of amides is 1. The minimum atomic E-state index is -0.501. The highest BCUT2D eigenvalue weighted by molar-refractivity contribution is 5.91. The lowest BCUT2D eigenvalue weighted by Gasteiger charge is -2.17. The number of rotatable bonds is 5. The van der Waals surface area contributed by atoms with Crippen LogP contribution in [0, 0.1) is 5.82 Å². The summed E-state index contributed by atoms with van der Waals surface area (Å²) in [5.41, 5.74) is 1.19. The Morgan fingerprint density at radius 2 is 1.88 bits per heavy atom. The van der Waals surface area contributed by atoms with Gasteiger partial charge in [0, 0.05) is 19.3 Å². The van der Waals surface area contributed by atoms with Gasteiger partial charge in [0.2, 0.25) is 11.9 Å². The summed E-state index contributed by atoms with van der Waals surface area (Å²) >= 11 is 0. The second-order valence-corrected chi connectivity index (χ2v) is 6.81. The average molecular weight is 340 g/mol. The summed E-state index contributed by atoms with van der Waals surface area (Å²) in [5, 5.41) is 2.99. The molecule has 1 N–H and O–H groups in total. The minimum absolute atomic E-state index is 0.0135. The molecule has 0 spiro atoms. The Hall–Kier alpha value is -2.50. The molecule has 4 rings (SSSR count). The Morgan fingerprint density at radius 1 is 1.16 bits per heavy atom. The fourth-order valence-electron chi connectivity index (χ4n) is 3.43. The summed E-state index contributed by atoms with van der Waals surface area (Å²) in [5.74, 6) is 0.444. The fourth-order valence-corrected chi connectivity index (χ4v) is 3.43.